The standard InChI is InChI=1S/C17H14N2O6S2/c1-18-9-5-3-2-4-8(9)12(14(18)22)13-15(23)19(17(26)27-13)10(16(24)25)6-7-11(20)21/h2-5,10H,6-7H2,1H3,(H,20,21)(H,24,25)/p-2/b13-12+/t10-/m0/s1. The van der Waals surface area contributed by atoms with Crippen molar-refractivity contribution < 1.29 is 29.4 Å². The van der Waals surface area contributed by atoms with Gasteiger partial charge in [-0.15, -0.1) is 0 Å². The molecule has 1 fully saturated rings. The second-order valence-electron chi connectivity index (χ2n) is 5.87. The fourth-order valence-electron chi connectivity index (χ4n) is 3.00. The molecule has 0 unspecified atom stereocenters. The van der Waals surface area contributed by atoms with Gasteiger partial charge in [0.25, 0.3) is 11.8 Å². The predicted molar refractivity (Wildman–Crippen MR) is 96.8 cm³/mol. The Morgan fingerprint density at radius 1 is 1.19 bits per heavy atom. The molecule has 10 heteroatoms. The average Bonchev–Trinajstić information content (AvgIpc) is 3.03. The Morgan fingerprint density at radius 3 is 2.48 bits per heavy atom. The molecule has 0 N–H and O–H groups in total. The molecule has 0 radical (unpaired) electrons. The molecule has 1 aromatic rings. The van der Waals surface area contributed by atoms with Crippen LogP contribution in [-0.4, -0.2) is 46.1 Å². The van der Waals surface area contributed by atoms with E-state index in [0.717, 1.165) is 16.7 Å². The van der Waals surface area contributed by atoms with Crippen LogP contribution in [0.15, 0.2) is 29.2 Å². The van der Waals surface area contributed by atoms with Crippen LogP contribution in [0, 0.1) is 0 Å². The van der Waals surface area contributed by atoms with Gasteiger partial charge in [-0.05, 0) is 18.9 Å². The largest absolute Gasteiger partial charge is 0.550 e. The molecule has 2 amide bonds. The predicted octanol–water partition coefficient (Wildman–Crippen LogP) is -1.12. The highest BCUT2D eigenvalue weighted by atomic mass is 32.2. The van der Waals surface area contributed by atoms with Gasteiger partial charge in [0.05, 0.1) is 28.2 Å². The zero-order chi connectivity index (χ0) is 19.9. The number of carboxylic acid groups (broad SMARTS) is 2. The van der Waals surface area contributed by atoms with Crippen molar-refractivity contribution in [1.29, 1.82) is 0 Å². The zero-order valence-electron chi connectivity index (χ0n) is 14.0. The van der Waals surface area contributed by atoms with E-state index in [1.807, 2.05) is 0 Å². The van der Waals surface area contributed by atoms with Gasteiger partial charge in [0, 0.05) is 18.6 Å². The molecule has 1 saturated heterocycles. The Kier molecular flexibility index (Phi) is 5.03. The van der Waals surface area contributed by atoms with E-state index in [1.54, 1.807) is 31.3 Å². The molecule has 2 aliphatic rings. The highest BCUT2D eigenvalue weighted by molar-refractivity contribution is 8.26. The quantitative estimate of drug-likeness (QED) is 0.447. The third-order valence-corrected chi connectivity index (χ3v) is 5.69. The molecule has 27 heavy (non-hydrogen) atoms. The van der Waals surface area contributed by atoms with Crippen molar-refractivity contribution in [1.82, 2.24) is 4.90 Å². The van der Waals surface area contributed by atoms with Gasteiger partial charge in [-0.3, -0.25) is 14.5 Å². The number of thiocarbonyl (C=S) groups is 1. The number of hydrogen-bond donors (Lipinski definition) is 0. The minimum atomic E-state index is -1.63. The van der Waals surface area contributed by atoms with Crippen LogP contribution in [0.4, 0.5) is 5.69 Å². The van der Waals surface area contributed by atoms with Gasteiger partial charge >= 0.3 is 0 Å². The van der Waals surface area contributed by atoms with Gasteiger partial charge in [-0.25, -0.2) is 0 Å². The zero-order valence-corrected chi connectivity index (χ0v) is 15.6. The topological polar surface area (TPSA) is 121 Å². The summed E-state index contributed by atoms with van der Waals surface area (Å²) in [7, 11) is 1.57. The van der Waals surface area contributed by atoms with Crippen LogP contribution in [0.1, 0.15) is 18.4 Å². The number of thioether (sulfide) groups is 1. The van der Waals surface area contributed by atoms with Crippen molar-refractivity contribution in [2.75, 3.05) is 11.9 Å². The number of amides is 2. The summed E-state index contributed by atoms with van der Waals surface area (Å²) in [6.07, 6.45) is -0.990. The maximum absolute atomic E-state index is 12.9. The van der Waals surface area contributed by atoms with Crippen LogP contribution in [0.3, 0.4) is 0 Å². The molecule has 0 spiro atoms. The Bertz CT molecular complexity index is 926. The molecular formula is C17H12N2O6S2-2. The van der Waals surface area contributed by atoms with Crippen molar-refractivity contribution in [2.24, 2.45) is 0 Å². The molecule has 3 rings (SSSR count). The lowest BCUT2D eigenvalue weighted by Crippen LogP contribution is -2.50. The highest BCUT2D eigenvalue weighted by Crippen LogP contribution is 2.44. The van der Waals surface area contributed by atoms with Gasteiger partial charge in [0.2, 0.25) is 0 Å². The number of benzene rings is 1. The third-order valence-electron chi connectivity index (χ3n) is 4.29. The van der Waals surface area contributed by atoms with Crippen LogP contribution < -0.4 is 15.1 Å². The number of carbonyl (C=O) groups is 4. The highest BCUT2D eigenvalue weighted by Gasteiger charge is 2.43. The smallest absolute Gasteiger partial charge is 0.267 e. The van der Waals surface area contributed by atoms with E-state index in [4.69, 9.17) is 12.2 Å². The van der Waals surface area contributed by atoms with E-state index in [2.05, 4.69) is 0 Å². The fourth-order valence-corrected chi connectivity index (χ4v) is 4.42. The average molecular weight is 404 g/mol. The van der Waals surface area contributed by atoms with Crippen molar-refractivity contribution >= 4 is 63.3 Å². The Balaban J connectivity index is 2.03. The molecule has 2 aliphatic heterocycles. The summed E-state index contributed by atoms with van der Waals surface area (Å²) < 4.78 is -0.0742. The first-order valence-electron chi connectivity index (χ1n) is 7.81. The summed E-state index contributed by atoms with van der Waals surface area (Å²) in [5, 5.41) is 22.1. The molecule has 1 atom stereocenters. The Morgan fingerprint density at radius 2 is 1.85 bits per heavy atom. The summed E-state index contributed by atoms with van der Waals surface area (Å²) in [5.74, 6) is -4.25. The van der Waals surface area contributed by atoms with Gasteiger partial charge < -0.3 is 24.7 Å². The maximum atomic E-state index is 12.9. The molecule has 8 nitrogen and oxygen atoms in total. The van der Waals surface area contributed by atoms with Crippen LogP contribution in [0.5, 0.6) is 0 Å². The molecule has 140 valence electrons. The lowest BCUT2D eigenvalue weighted by molar-refractivity contribution is -0.311. The van der Waals surface area contributed by atoms with E-state index in [1.165, 1.54) is 4.90 Å². The summed E-state index contributed by atoms with van der Waals surface area (Å²) in [4.78, 5) is 49.9. The normalized spacial score (nSPS) is 20.3. The van der Waals surface area contributed by atoms with E-state index in [9.17, 15) is 29.4 Å². The molecule has 0 aliphatic carbocycles. The monoisotopic (exact) mass is 404 g/mol. The Hall–Kier alpha value is -2.72. The molecular weight excluding hydrogens is 392 g/mol. The van der Waals surface area contributed by atoms with Gasteiger partial charge in [-0.1, -0.05) is 42.2 Å². The number of rotatable bonds is 5. The molecule has 1 aromatic carbocycles. The summed E-state index contributed by atoms with van der Waals surface area (Å²) in [5.41, 5.74) is 1.31. The minimum Gasteiger partial charge on any atom is -0.550 e. The number of hydrogen-bond acceptors (Lipinski definition) is 8. The maximum Gasteiger partial charge on any atom is 0.267 e. The molecule has 0 saturated carbocycles. The fraction of sp³-hybridized carbons (Fsp3) is 0.235. The molecule has 0 bridgehead atoms. The number of likely N-dealkylation sites (N-methyl/N-ethyl adjacent to an activating group) is 1. The van der Waals surface area contributed by atoms with E-state index < -0.39 is 42.6 Å². The first kappa shape index (κ1) is 19.1. The first-order chi connectivity index (χ1) is 12.7. The van der Waals surface area contributed by atoms with Crippen LogP contribution in [0.25, 0.3) is 5.57 Å². The SMILES string of the molecule is CN1C(=O)/C(=C2/SC(=S)N([C@@H](CCC(=O)[O-])C(=O)[O-])C2=O)c2ccccc21. The number of anilines is 1. The molecule has 0 aromatic heterocycles. The first-order valence-corrected chi connectivity index (χ1v) is 9.04. The second kappa shape index (κ2) is 7.12. The Labute approximate surface area is 163 Å². The van der Waals surface area contributed by atoms with Crippen molar-refractivity contribution in [3.05, 3.63) is 34.7 Å². The van der Waals surface area contributed by atoms with Gasteiger partial charge in [-0.2, -0.15) is 0 Å². The summed E-state index contributed by atoms with van der Waals surface area (Å²) >= 11 is 5.94. The van der Waals surface area contributed by atoms with Crippen molar-refractivity contribution in [3.8, 4) is 0 Å². The van der Waals surface area contributed by atoms with E-state index >= 15 is 0 Å². The van der Waals surface area contributed by atoms with Crippen LogP contribution >= 0.6 is 24.0 Å². The third kappa shape index (κ3) is 3.21. The number of aliphatic carboxylic acids is 2. The number of carbonyl (C=O) groups excluding carboxylic acids is 4. The van der Waals surface area contributed by atoms with Crippen molar-refractivity contribution in [2.45, 2.75) is 18.9 Å². The number of carboxylic acids is 2. The number of para-hydroxylation sites is 1. The van der Waals surface area contributed by atoms with E-state index in [0.29, 0.717) is 11.3 Å². The number of nitrogens with zero attached hydrogens (tertiary/aromatic N) is 2. The lowest BCUT2D eigenvalue weighted by Gasteiger charge is -2.27. The number of fused-ring (bicyclic) bond motifs is 1. The minimum absolute atomic E-state index is 0.0153. The van der Waals surface area contributed by atoms with Gasteiger partial charge in [0.15, 0.2) is 0 Å². The lowest BCUT2D eigenvalue weighted by atomic mass is 10.1. The molecule has 2 heterocycles. The van der Waals surface area contributed by atoms with Crippen molar-refractivity contribution in [3.63, 3.8) is 0 Å². The summed E-state index contributed by atoms with van der Waals surface area (Å²) in [6, 6.07) is 5.33. The second-order valence-corrected chi connectivity index (χ2v) is 7.52. The van der Waals surface area contributed by atoms with Gasteiger partial charge in [0.1, 0.15) is 4.32 Å². The van der Waals surface area contributed by atoms with Crippen LogP contribution in [0.2, 0.25) is 0 Å². The summed E-state index contributed by atoms with van der Waals surface area (Å²) in [6.45, 7) is 0. The van der Waals surface area contributed by atoms with Crippen LogP contribution in [-0.2, 0) is 19.2 Å². The van der Waals surface area contributed by atoms with E-state index in [-0.39, 0.29) is 14.8 Å².